The lowest BCUT2D eigenvalue weighted by atomic mass is 10.1. The van der Waals surface area contributed by atoms with Crippen molar-refractivity contribution in [3.63, 3.8) is 0 Å². The van der Waals surface area contributed by atoms with Gasteiger partial charge in [0.05, 0.1) is 18.2 Å². The third-order valence-corrected chi connectivity index (χ3v) is 5.08. The minimum absolute atomic E-state index is 0.0412. The van der Waals surface area contributed by atoms with Gasteiger partial charge in [0.1, 0.15) is 5.69 Å². The summed E-state index contributed by atoms with van der Waals surface area (Å²) >= 11 is 0. The van der Waals surface area contributed by atoms with Crippen LogP contribution < -0.4 is 10.2 Å². The third kappa shape index (κ3) is 4.29. The molecule has 0 aliphatic carbocycles. The number of nitrogens with zero attached hydrogens (tertiary/aromatic N) is 3. The van der Waals surface area contributed by atoms with E-state index in [2.05, 4.69) is 5.32 Å². The molecule has 5 nitrogen and oxygen atoms in total. The molecular weight excluding hydrogens is 362 g/mol. The van der Waals surface area contributed by atoms with Gasteiger partial charge in [0, 0.05) is 31.9 Å². The van der Waals surface area contributed by atoms with Crippen LogP contribution in [0.3, 0.4) is 0 Å². The van der Waals surface area contributed by atoms with Gasteiger partial charge in [-0.15, -0.1) is 0 Å². The summed E-state index contributed by atoms with van der Waals surface area (Å²) in [5, 5.41) is 11.7. The van der Waals surface area contributed by atoms with Crippen LogP contribution in [0.15, 0.2) is 30.3 Å². The van der Waals surface area contributed by atoms with E-state index >= 15 is 0 Å². The fraction of sp³-hybridized carbons (Fsp3) is 0.333. The van der Waals surface area contributed by atoms with Gasteiger partial charge in [-0.2, -0.15) is 5.26 Å². The van der Waals surface area contributed by atoms with Gasteiger partial charge in [0.25, 0.3) is 0 Å². The lowest BCUT2D eigenvalue weighted by Crippen LogP contribution is -2.49. The number of aryl methyl sites for hydroxylation is 1. The molecule has 1 heterocycles. The van der Waals surface area contributed by atoms with Gasteiger partial charge in [-0.1, -0.05) is 12.1 Å². The summed E-state index contributed by atoms with van der Waals surface area (Å²) in [5.74, 6) is -1.59. The van der Waals surface area contributed by atoms with Gasteiger partial charge in [0.15, 0.2) is 11.6 Å². The number of halogens is 2. The molecule has 3 rings (SSSR count). The zero-order chi connectivity index (χ0) is 20.3. The van der Waals surface area contributed by atoms with Crippen LogP contribution in [0, 0.1) is 36.8 Å². The molecule has 0 aromatic heterocycles. The van der Waals surface area contributed by atoms with Crippen molar-refractivity contribution < 1.29 is 13.6 Å². The second-order valence-corrected chi connectivity index (χ2v) is 6.96. The topological polar surface area (TPSA) is 59.4 Å². The lowest BCUT2D eigenvalue weighted by molar-refractivity contribution is -0.117. The van der Waals surface area contributed by atoms with Crippen molar-refractivity contribution in [2.24, 2.45) is 0 Å². The smallest absolute Gasteiger partial charge is 0.238 e. The van der Waals surface area contributed by atoms with Gasteiger partial charge in [-0.25, -0.2) is 8.78 Å². The summed E-state index contributed by atoms with van der Waals surface area (Å²) in [4.78, 5) is 15.9. The number of carbonyl (C=O) groups is 1. The highest BCUT2D eigenvalue weighted by Gasteiger charge is 2.24. The SMILES string of the molecule is Cc1cccc(NC(=O)CN2CCN(c3c(F)cc(C#N)cc3F)CC2)c1C. The van der Waals surface area contributed by atoms with Crippen molar-refractivity contribution in [2.45, 2.75) is 13.8 Å². The molecule has 2 aromatic carbocycles. The molecule has 0 radical (unpaired) electrons. The number of anilines is 2. The number of amides is 1. The fourth-order valence-corrected chi connectivity index (χ4v) is 3.34. The third-order valence-electron chi connectivity index (χ3n) is 5.08. The Morgan fingerprint density at radius 2 is 1.79 bits per heavy atom. The number of nitrogens with one attached hydrogen (secondary N) is 1. The molecule has 7 heteroatoms. The Morgan fingerprint density at radius 1 is 1.14 bits per heavy atom. The quantitative estimate of drug-likeness (QED) is 0.879. The zero-order valence-corrected chi connectivity index (χ0v) is 15.9. The first-order valence-electron chi connectivity index (χ1n) is 9.11. The van der Waals surface area contributed by atoms with E-state index in [-0.39, 0.29) is 23.7 Å². The van der Waals surface area contributed by atoms with Gasteiger partial charge in [-0.3, -0.25) is 9.69 Å². The van der Waals surface area contributed by atoms with E-state index in [0.717, 1.165) is 28.9 Å². The van der Waals surface area contributed by atoms with Crippen LogP contribution in [0.5, 0.6) is 0 Å². The molecule has 1 fully saturated rings. The molecule has 1 N–H and O–H groups in total. The number of hydrogen-bond donors (Lipinski definition) is 1. The van der Waals surface area contributed by atoms with Gasteiger partial charge in [0.2, 0.25) is 5.91 Å². The molecule has 0 saturated carbocycles. The Hall–Kier alpha value is -2.98. The molecule has 1 aliphatic heterocycles. The second-order valence-electron chi connectivity index (χ2n) is 6.96. The van der Waals surface area contributed by atoms with Crippen LogP contribution in [-0.4, -0.2) is 43.5 Å². The van der Waals surface area contributed by atoms with E-state index in [1.54, 1.807) is 11.0 Å². The second kappa shape index (κ2) is 8.36. The Morgan fingerprint density at radius 3 is 2.39 bits per heavy atom. The number of benzene rings is 2. The normalized spacial score (nSPS) is 14.6. The van der Waals surface area contributed by atoms with Crippen LogP contribution in [0.4, 0.5) is 20.2 Å². The molecule has 1 saturated heterocycles. The first-order chi connectivity index (χ1) is 13.4. The molecule has 146 valence electrons. The molecule has 1 amide bonds. The number of piperazine rings is 1. The highest BCUT2D eigenvalue weighted by atomic mass is 19.1. The first kappa shape index (κ1) is 19.8. The standard InChI is InChI=1S/C21H22F2N4O/c1-14-4-3-5-19(15(14)2)25-20(28)13-26-6-8-27(9-7-26)21-17(22)10-16(12-24)11-18(21)23/h3-5,10-11H,6-9,13H2,1-2H3,(H,25,28). The predicted molar refractivity (Wildman–Crippen MR) is 104 cm³/mol. The summed E-state index contributed by atoms with van der Waals surface area (Å²) in [5.41, 5.74) is 2.79. The highest BCUT2D eigenvalue weighted by Crippen LogP contribution is 2.26. The number of rotatable bonds is 4. The maximum absolute atomic E-state index is 14.2. The highest BCUT2D eigenvalue weighted by molar-refractivity contribution is 5.93. The Kier molecular flexibility index (Phi) is 5.90. The van der Waals surface area contributed by atoms with E-state index in [0.29, 0.717) is 26.2 Å². The largest absolute Gasteiger partial charge is 0.364 e. The summed E-state index contributed by atoms with van der Waals surface area (Å²) in [6.45, 7) is 6.00. The summed E-state index contributed by atoms with van der Waals surface area (Å²) in [7, 11) is 0. The van der Waals surface area contributed by atoms with Crippen molar-refractivity contribution >= 4 is 17.3 Å². The number of nitriles is 1. The summed E-state index contributed by atoms with van der Waals surface area (Å²) in [6.07, 6.45) is 0. The molecular formula is C21H22F2N4O. The van der Waals surface area contributed by atoms with Crippen LogP contribution in [0.25, 0.3) is 0 Å². The van der Waals surface area contributed by atoms with Crippen molar-refractivity contribution in [2.75, 3.05) is 42.9 Å². The van der Waals surface area contributed by atoms with Crippen LogP contribution >= 0.6 is 0 Å². The van der Waals surface area contributed by atoms with Crippen molar-refractivity contribution in [1.82, 2.24) is 4.90 Å². The van der Waals surface area contributed by atoms with Gasteiger partial charge in [-0.05, 0) is 43.2 Å². The van der Waals surface area contributed by atoms with Crippen molar-refractivity contribution in [3.8, 4) is 6.07 Å². The van der Waals surface area contributed by atoms with Crippen LogP contribution in [0.1, 0.15) is 16.7 Å². The molecule has 28 heavy (non-hydrogen) atoms. The summed E-state index contributed by atoms with van der Waals surface area (Å²) in [6, 6.07) is 9.59. The Balaban J connectivity index is 1.58. The number of carbonyl (C=O) groups excluding carboxylic acids is 1. The van der Waals surface area contributed by atoms with Crippen LogP contribution in [-0.2, 0) is 4.79 Å². The molecule has 0 atom stereocenters. The van der Waals surface area contributed by atoms with Gasteiger partial charge < -0.3 is 10.2 Å². The van der Waals surface area contributed by atoms with Crippen molar-refractivity contribution in [1.29, 1.82) is 5.26 Å². The molecule has 2 aromatic rings. The maximum Gasteiger partial charge on any atom is 0.238 e. The first-order valence-corrected chi connectivity index (χ1v) is 9.11. The van der Waals surface area contributed by atoms with Gasteiger partial charge >= 0.3 is 0 Å². The predicted octanol–water partition coefficient (Wildman–Crippen LogP) is 3.21. The Bertz CT molecular complexity index is 907. The molecule has 1 aliphatic rings. The van der Waals surface area contributed by atoms with E-state index < -0.39 is 11.6 Å². The number of hydrogen-bond acceptors (Lipinski definition) is 4. The minimum Gasteiger partial charge on any atom is -0.364 e. The Labute approximate surface area is 163 Å². The molecule has 0 unspecified atom stereocenters. The van der Waals surface area contributed by atoms with Crippen LogP contribution in [0.2, 0.25) is 0 Å². The van der Waals surface area contributed by atoms with Crippen molar-refractivity contribution in [3.05, 3.63) is 58.7 Å². The average Bonchev–Trinajstić information content (AvgIpc) is 2.66. The lowest BCUT2D eigenvalue weighted by Gasteiger charge is -2.36. The van der Waals surface area contributed by atoms with E-state index in [1.807, 2.05) is 36.9 Å². The molecule has 0 spiro atoms. The van der Waals surface area contributed by atoms with E-state index in [9.17, 15) is 13.6 Å². The van der Waals surface area contributed by atoms with E-state index in [1.165, 1.54) is 0 Å². The van der Waals surface area contributed by atoms with E-state index in [4.69, 9.17) is 5.26 Å². The summed E-state index contributed by atoms with van der Waals surface area (Å²) < 4.78 is 28.4. The molecule has 0 bridgehead atoms. The monoisotopic (exact) mass is 384 g/mol. The average molecular weight is 384 g/mol. The minimum atomic E-state index is -0.738. The zero-order valence-electron chi connectivity index (χ0n) is 15.9. The fourth-order valence-electron chi connectivity index (χ4n) is 3.34. The maximum atomic E-state index is 14.2.